The summed E-state index contributed by atoms with van der Waals surface area (Å²) in [6, 6.07) is 0. The van der Waals surface area contributed by atoms with Gasteiger partial charge in [0.1, 0.15) is 0 Å². The number of hydrogen-bond donors (Lipinski definition) is 1. The monoisotopic (exact) mass is 287 g/mol. The molecule has 0 aromatic rings. The van der Waals surface area contributed by atoms with Gasteiger partial charge >= 0.3 is 0 Å². The van der Waals surface area contributed by atoms with E-state index in [0.29, 0.717) is 13.2 Å². The lowest BCUT2D eigenvalue weighted by Gasteiger charge is -2.40. The number of likely N-dealkylation sites (N-methyl/N-ethyl adjacent to an activating group) is 1. The van der Waals surface area contributed by atoms with Crippen LogP contribution in [0.3, 0.4) is 0 Å². The van der Waals surface area contributed by atoms with Crippen LogP contribution in [0.4, 0.5) is 0 Å². The molecule has 6 nitrogen and oxygen atoms in total. The lowest BCUT2D eigenvalue weighted by atomic mass is 9.74. The van der Waals surface area contributed by atoms with Crippen molar-refractivity contribution in [1.29, 1.82) is 0 Å². The number of carbonyl (C=O) groups is 2. The molecule has 0 rings (SSSR count). The van der Waals surface area contributed by atoms with Crippen molar-refractivity contribution in [2.24, 2.45) is 11.1 Å². The van der Waals surface area contributed by atoms with Crippen molar-refractivity contribution in [2.45, 2.75) is 33.2 Å². The van der Waals surface area contributed by atoms with Gasteiger partial charge in [-0.15, -0.1) is 0 Å². The van der Waals surface area contributed by atoms with Crippen LogP contribution in [-0.2, 0) is 14.3 Å². The van der Waals surface area contributed by atoms with E-state index in [4.69, 9.17) is 10.5 Å². The molecule has 0 heterocycles. The van der Waals surface area contributed by atoms with Gasteiger partial charge in [0.05, 0.1) is 18.6 Å². The van der Waals surface area contributed by atoms with E-state index in [2.05, 4.69) is 0 Å². The zero-order valence-corrected chi connectivity index (χ0v) is 13.8. The largest absolute Gasteiger partial charge is 0.383 e. The summed E-state index contributed by atoms with van der Waals surface area (Å²) >= 11 is 0. The molecule has 0 atom stereocenters. The molecule has 0 bridgehead atoms. The number of rotatable bonds is 7. The number of nitrogens with zero attached hydrogens (tertiary/aromatic N) is 2. The van der Waals surface area contributed by atoms with Crippen molar-refractivity contribution in [3.63, 3.8) is 0 Å². The number of carbonyl (C=O) groups excluding carboxylic acids is 2. The predicted octanol–water partition coefficient (Wildman–Crippen LogP) is 0.313. The highest BCUT2D eigenvalue weighted by molar-refractivity contribution is 5.88. The van der Waals surface area contributed by atoms with Crippen LogP contribution < -0.4 is 5.73 Å². The van der Waals surface area contributed by atoms with Gasteiger partial charge in [0.15, 0.2) is 0 Å². The quantitative estimate of drug-likeness (QED) is 0.731. The summed E-state index contributed by atoms with van der Waals surface area (Å²) in [5.74, 6) is -0.266. The highest BCUT2D eigenvalue weighted by atomic mass is 16.5. The second-order valence-corrected chi connectivity index (χ2v) is 6.35. The molecule has 0 unspecified atom stereocenters. The Kier molecular flexibility index (Phi) is 6.64. The third kappa shape index (κ3) is 4.76. The fourth-order valence-electron chi connectivity index (χ4n) is 1.43. The molecule has 0 saturated carbocycles. The SMILES string of the molecule is COCCN(CC(=O)N(C)C)C(=O)C(C)(C)C(C)(C)N. The molecule has 0 aliphatic heterocycles. The van der Waals surface area contributed by atoms with Gasteiger partial charge < -0.3 is 20.3 Å². The Morgan fingerprint density at radius 1 is 1.15 bits per heavy atom. The van der Waals surface area contributed by atoms with Gasteiger partial charge in [-0.05, 0) is 27.7 Å². The van der Waals surface area contributed by atoms with Gasteiger partial charge in [-0.1, -0.05) is 0 Å². The van der Waals surface area contributed by atoms with Crippen LogP contribution in [-0.4, -0.2) is 68.1 Å². The lowest BCUT2D eigenvalue weighted by molar-refractivity contribution is -0.148. The van der Waals surface area contributed by atoms with Crippen molar-refractivity contribution in [2.75, 3.05) is 40.9 Å². The summed E-state index contributed by atoms with van der Waals surface area (Å²) in [5.41, 5.74) is 4.64. The molecule has 0 aliphatic carbocycles. The Labute approximate surface area is 122 Å². The standard InChI is InChI=1S/C14H29N3O3/c1-13(2,14(3,4)15)12(19)17(8-9-20-7)10-11(18)16(5)6/h8-10,15H2,1-7H3. The zero-order valence-electron chi connectivity index (χ0n) is 13.8. The average Bonchev–Trinajstić information content (AvgIpc) is 2.31. The molecular formula is C14H29N3O3. The Hall–Kier alpha value is -1.14. The topological polar surface area (TPSA) is 75.9 Å². The van der Waals surface area contributed by atoms with Gasteiger partial charge in [0.2, 0.25) is 11.8 Å². The molecule has 118 valence electrons. The van der Waals surface area contributed by atoms with Gasteiger partial charge in [0, 0.05) is 33.3 Å². The highest BCUT2D eigenvalue weighted by Crippen LogP contribution is 2.30. The molecule has 0 spiro atoms. The summed E-state index contributed by atoms with van der Waals surface area (Å²) in [6.45, 7) is 8.02. The highest BCUT2D eigenvalue weighted by Gasteiger charge is 2.43. The van der Waals surface area contributed by atoms with E-state index in [-0.39, 0.29) is 18.4 Å². The second-order valence-electron chi connectivity index (χ2n) is 6.35. The number of hydrogen-bond acceptors (Lipinski definition) is 4. The molecule has 20 heavy (non-hydrogen) atoms. The van der Waals surface area contributed by atoms with Crippen molar-refractivity contribution in [3.8, 4) is 0 Å². The van der Waals surface area contributed by atoms with E-state index < -0.39 is 11.0 Å². The zero-order chi connectivity index (χ0) is 16.1. The first kappa shape index (κ1) is 18.9. The van der Waals surface area contributed by atoms with Crippen molar-refractivity contribution < 1.29 is 14.3 Å². The normalized spacial score (nSPS) is 12.2. The predicted molar refractivity (Wildman–Crippen MR) is 79.2 cm³/mol. The van der Waals surface area contributed by atoms with Crippen molar-refractivity contribution >= 4 is 11.8 Å². The number of ether oxygens (including phenoxy) is 1. The Balaban J connectivity index is 5.12. The summed E-state index contributed by atoms with van der Waals surface area (Å²) in [6.07, 6.45) is 0. The molecule has 2 amide bonds. The van der Waals surface area contributed by atoms with E-state index >= 15 is 0 Å². The van der Waals surface area contributed by atoms with Crippen LogP contribution in [0.25, 0.3) is 0 Å². The van der Waals surface area contributed by atoms with E-state index in [9.17, 15) is 9.59 Å². The van der Waals surface area contributed by atoms with Gasteiger partial charge in [-0.3, -0.25) is 9.59 Å². The van der Waals surface area contributed by atoms with Crippen LogP contribution >= 0.6 is 0 Å². The maximum Gasteiger partial charge on any atom is 0.241 e. The third-order valence-corrected chi connectivity index (χ3v) is 3.82. The minimum absolute atomic E-state index is 0.0364. The van der Waals surface area contributed by atoms with E-state index in [0.717, 1.165) is 0 Å². The maximum atomic E-state index is 12.7. The van der Waals surface area contributed by atoms with E-state index in [1.165, 1.54) is 9.80 Å². The van der Waals surface area contributed by atoms with E-state index in [1.54, 1.807) is 35.1 Å². The van der Waals surface area contributed by atoms with Gasteiger partial charge in [-0.25, -0.2) is 0 Å². The van der Waals surface area contributed by atoms with Crippen LogP contribution in [0.5, 0.6) is 0 Å². The molecule has 0 aliphatic rings. The van der Waals surface area contributed by atoms with Crippen LogP contribution in [0.2, 0.25) is 0 Å². The molecule has 0 radical (unpaired) electrons. The third-order valence-electron chi connectivity index (χ3n) is 3.82. The number of methoxy groups -OCH3 is 1. The first-order valence-electron chi connectivity index (χ1n) is 6.72. The first-order chi connectivity index (χ1) is 8.95. The summed E-state index contributed by atoms with van der Waals surface area (Å²) in [5, 5.41) is 0. The summed E-state index contributed by atoms with van der Waals surface area (Å²) < 4.78 is 5.01. The molecule has 0 saturated heterocycles. The minimum atomic E-state index is -0.771. The number of nitrogens with two attached hydrogens (primary N) is 1. The fraction of sp³-hybridized carbons (Fsp3) is 0.857. The Morgan fingerprint density at radius 3 is 2.00 bits per heavy atom. The number of amides is 2. The average molecular weight is 287 g/mol. The summed E-state index contributed by atoms with van der Waals surface area (Å²) in [4.78, 5) is 27.5. The lowest BCUT2D eigenvalue weighted by Crippen LogP contribution is -2.58. The second kappa shape index (κ2) is 7.04. The van der Waals surface area contributed by atoms with Crippen LogP contribution in [0, 0.1) is 5.41 Å². The first-order valence-corrected chi connectivity index (χ1v) is 6.72. The van der Waals surface area contributed by atoms with Crippen LogP contribution in [0.15, 0.2) is 0 Å². The molecular weight excluding hydrogens is 258 g/mol. The van der Waals surface area contributed by atoms with E-state index in [1.807, 2.05) is 13.8 Å². The smallest absolute Gasteiger partial charge is 0.241 e. The van der Waals surface area contributed by atoms with Crippen molar-refractivity contribution in [1.82, 2.24) is 9.80 Å². The molecule has 6 heteroatoms. The summed E-state index contributed by atoms with van der Waals surface area (Å²) in [7, 11) is 4.90. The fourth-order valence-corrected chi connectivity index (χ4v) is 1.43. The molecule has 0 fully saturated rings. The Morgan fingerprint density at radius 2 is 1.65 bits per heavy atom. The maximum absolute atomic E-state index is 12.7. The molecule has 2 N–H and O–H groups in total. The van der Waals surface area contributed by atoms with Gasteiger partial charge in [0.25, 0.3) is 0 Å². The van der Waals surface area contributed by atoms with Crippen molar-refractivity contribution in [3.05, 3.63) is 0 Å². The van der Waals surface area contributed by atoms with Crippen LogP contribution in [0.1, 0.15) is 27.7 Å². The Bertz CT molecular complexity index is 346. The molecule has 0 aromatic carbocycles. The van der Waals surface area contributed by atoms with Gasteiger partial charge in [-0.2, -0.15) is 0 Å². The minimum Gasteiger partial charge on any atom is -0.383 e. The molecule has 0 aromatic heterocycles.